The van der Waals surface area contributed by atoms with E-state index in [-0.39, 0.29) is 25.6 Å². The molecule has 2 saturated heterocycles. The van der Waals surface area contributed by atoms with E-state index in [1.54, 1.807) is 0 Å². The second-order valence-electron chi connectivity index (χ2n) is 21.9. The molecule has 0 aromatic rings. The maximum Gasteiger partial charge on any atom is 0.306 e. The van der Waals surface area contributed by atoms with Gasteiger partial charge in [0.15, 0.2) is 12.6 Å². The van der Waals surface area contributed by atoms with Crippen LogP contribution >= 0.6 is 0 Å². The number of aliphatic hydroxyl groups is 7. The first-order chi connectivity index (χ1) is 36.1. The fourth-order valence-electron chi connectivity index (χ4n) is 10.0. The highest BCUT2D eigenvalue weighted by Gasteiger charge is 2.47. The number of hydrogen-bond donors (Lipinski definition) is 7. The number of carbonyl (C=O) groups is 1. The summed E-state index contributed by atoms with van der Waals surface area (Å²) in [6.07, 6.45) is 37.0. The monoisotopic (exact) mass is 1060 g/mol. The highest BCUT2D eigenvalue weighted by Crippen LogP contribution is 2.27. The minimum Gasteiger partial charge on any atom is -0.457 e. The number of esters is 1. The minimum absolute atomic E-state index is 0.0670. The van der Waals surface area contributed by atoms with Crippen molar-refractivity contribution in [3.8, 4) is 0 Å². The fourth-order valence-corrected chi connectivity index (χ4v) is 10.0. The van der Waals surface area contributed by atoms with Gasteiger partial charge in [-0.05, 0) is 38.5 Å². The average molecular weight is 1060 g/mol. The Balaban J connectivity index is 1.68. The van der Waals surface area contributed by atoms with Crippen molar-refractivity contribution in [3.63, 3.8) is 0 Å². The Kier molecular flexibility index (Phi) is 44.4. The third-order valence-corrected chi connectivity index (χ3v) is 15.0. The van der Waals surface area contributed by atoms with Crippen LogP contribution in [0.3, 0.4) is 0 Å². The maximum atomic E-state index is 13.1. The van der Waals surface area contributed by atoms with E-state index in [1.165, 1.54) is 199 Å². The number of ether oxygens (including phenoxy) is 6. The molecule has 2 heterocycles. The molecule has 14 heteroatoms. The molecule has 2 fully saturated rings. The van der Waals surface area contributed by atoms with Crippen molar-refractivity contribution < 1.29 is 69.0 Å². The molecule has 0 radical (unpaired) electrons. The molecular formula is C60H114O14. The fraction of sp³-hybridized carbons (Fsp3) is 0.950. The molecule has 0 amide bonds. The Morgan fingerprint density at radius 1 is 0.432 bits per heavy atom. The summed E-state index contributed by atoms with van der Waals surface area (Å²) in [7, 11) is 0. The van der Waals surface area contributed by atoms with Gasteiger partial charge in [0.25, 0.3) is 0 Å². The lowest BCUT2D eigenvalue weighted by atomic mass is 9.98. The van der Waals surface area contributed by atoms with Crippen molar-refractivity contribution in [1.82, 2.24) is 0 Å². The normalized spacial score (nSPS) is 24.8. The van der Waals surface area contributed by atoms with E-state index in [4.69, 9.17) is 28.4 Å². The Morgan fingerprint density at radius 2 is 0.797 bits per heavy atom. The zero-order valence-electron chi connectivity index (χ0n) is 47.1. The molecule has 11 unspecified atom stereocenters. The van der Waals surface area contributed by atoms with Crippen molar-refractivity contribution in [2.24, 2.45) is 0 Å². The standard InChI is InChI=1S/C60H114O14/c1-3-5-7-9-11-13-15-17-19-21-23-24-25-26-28-30-32-34-36-38-40-42-44-69-46-49(72-52(62)43-41-39-37-35-33-31-29-27-22-20-18-16-14-12-10-8-6-4-2)47-70-59-58(68)56(66)54(64)51(74-59)48-71-60-57(67)55(65)53(63)50(45-61)73-60/h21,23,49-51,53-61,63-68H,3-20,22,24-48H2,1-2H3/b23-21-. The first-order valence-corrected chi connectivity index (χ1v) is 30.8. The molecule has 438 valence electrons. The summed E-state index contributed by atoms with van der Waals surface area (Å²) >= 11 is 0. The van der Waals surface area contributed by atoms with Crippen LogP contribution in [0.25, 0.3) is 0 Å². The van der Waals surface area contributed by atoms with Crippen LogP contribution < -0.4 is 0 Å². The van der Waals surface area contributed by atoms with Crippen molar-refractivity contribution in [1.29, 1.82) is 0 Å². The van der Waals surface area contributed by atoms with Crippen LogP contribution in [0.15, 0.2) is 12.2 Å². The first kappa shape index (κ1) is 68.8. The lowest BCUT2D eigenvalue weighted by Gasteiger charge is -2.42. The van der Waals surface area contributed by atoms with Gasteiger partial charge in [0.1, 0.15) is 54.9 Å². The smallest absolute Gasteiger partial charge is 0.306 e. The summed E-state index contributed by atoms with van der Waals surface area (Å²) < 4.78 is 34.5. The Hall–Kier alpha value is -1.27. The van der Waals surface area contributed by atoms with Gasteiger partial charge in [0.2, 0.25) is 0 Å². The van der Waals surface area contributed by atoms with Crippen LogP contribution in [0.4, 0.5) is 0 Å². The zero-order chi connectivity index (χ0) is 53.7. The molecule has 0 aliphatic carbocycles. The minimum atomic E-state index is -1.70. The zero-order valence-corrected chi connectivity index (χ0v) is 47.1. The van der Waals surface area contributed by atoms with E-state index in [0.717, 1.165) is 38.5 Å². The van der Waals surface area contributed by atoms with E-state index in [1.807, 2.05) is 0 Å². The summed E-state index contributed by atoms with van der Waals surface area (Å²) in [4.78, 5) is 13.1. The van der Waals surface area contributed by atoms with Crippen molar-refractivity contribution in [2.45, 2.75) is 332 Å². The second-order valence-corrected chi connectivity index (χ2v) is 21.9. The number of unbranched alkanes of at least 4 members (excludes halogenated alkanes) is 35. The van der Waals surface area contributed by atoms with Gasteiger partial charge in [-0.15, -0.1) is 0 Å². The van der Waals surface area contributed by atoms with Crippen LogP contribution in [0, 0.1) is 0 Å². The lowest BCUT2D eigenvalue weighted by molar-refractivity contribution is -0.332. The van der Waals surface area contributed by atoms with Gasteiger partial charge < -0.3 is 64.2 Å². The lowest BCUT2D eigenvalue weighted by Crippen LogP contribution is -2.61. The summed E-state index contributed by atoms with van der Waals surface area (Å²) in [6.45, 7) is 3.75. The molecular weight excluding hydrogens is 945 g/mol. The third-order valence-electron chi connectivity index (χ3n) is 15.0. The van der Waals surface area contributed by atoms with Crippen molar-refractivity contribution in [2.75, 3.05) is 33.0 Å². The van der Waals surface area contributed by atoms with E-state index in [2.05, 4.69) is 26.0 Å². The van der Waals surface area contributed by atoms with Crippen LogP contribution in [0.5, 0.6) is 0 Å². The van der Waals surface area contributed by atoms with Gasteiger partial charge in [-0.25, -0.2) is 0 Å². The third kappa shape index (κ3) is 33.9. The Bertz CT molecular complexity index is 1270. The molecule has 0 saturated carbocycles. The number of hydrogen-bond acceptors (Lipinski definition) is 14. The topological polar surface area (TPSA) is 214 Å². The van der Waals surface area contributed by atoms with Crippen molar-refractivity contribution in [3.05, 3.63) is 12.2 Å². The van der Waals surface area contributed by atoms with Gasteiger partial charge in [-0.3, -0.25) is 4.79 Å². The molecule has 0 spiro atoms. The van der Waals surface area contributed by atoms with E-state index in [0.29, 0.717) is 13.0 Å². The summed E-state index contributed by atoms with van der Waals surface area (Å²) in [5, 5.41) is 72.4. The molecule has 2 aliphatic heterocycles. The maximum absolute atomic E-state index is 13.1. The largest absolute Gasteiger partial charge is 0.457 e. The van der Waals surface area contributed by atoms with Crippen LogP contribution in [-0.2, 0) is 33.2 Å². The average Bonchev–Trinajstić information content (AvgIpc) is 3.40. The van der Waals surface area contributed by atoms with Gasteiger partial charge in [-0.2, -0.15) is 0 Å². The molecule has 11 atom stereocenters. The highest BCUT2D eigenvalue weighted by atomic mass is 16.7. The predicted octanol–water partition coefficient (Wildman–Crippen LogP) is 11.4. The van der Waals surface area contributed by atoms with Crippen LogP contribution in [0.1, 0.15) is 264 Å². The highest BCUT2D eigenvalue weighted by molar-refractivity contribution is 5.69. The van der Waals surface area contributed by atoms with Gasteiger partial charge in [0, 0.05) is 13.0 Å². The SMILES string of the molecule is CCCCCCCCCC/C=C\CCCCCCCCCCCCOCC(COC1OC(COC2OC(CO)C(O)C(O)C2O)C(O)C(O)C1O)OC(=O)CCCCCCCCCCCCCCCCCCCC. The van der Waals surface area contributed by atoms with Crippen LogP contribution in [0.2, 0.25) is 0 Å². The second kappa shape index (κ2) is 47.7. The van der Waals surface area contributed by atoms with E-state index in [9.17, 15) is 40.5 Å². The number of rotatable bonds is 51. The molecule has 0 aromatic carbocycles. The quantitative estimate of drug-likeness (QED) is 0.0172. The molecule has 2 rings (SSSR count). The van der Waals surface area contributed by atoms with E-state index >= 15 is 0 Å². The molecule has 14 nitrogen and oxygen atoms in total. The Labute approximate surface area is 450 Å². The van der Waals surface area contributed by atoms with Crippen LogP contribution in [-0.4, -0.2) is 142 Å². The first-order valence-electron chi connectivity index (χ1n) is 30.8. The molecule has 0 bridgehead atoms. The number of carbonyl (C=O) groups excluding carboxylic acids is 1. The molecule has 74 heavy (non-hydrogen) atoms. The molecule has 2 aliphatic rings. The Morgan fingerprint density at radius 3 is 1.23 bits per heavy atom. The predicted molar refractivity (Wildman–Crippen MR) is 294 cm³/mol. The summed E-state index contributed by atoms with van der Waals surface area (Å²) in [6, 6.07) is 0. The molecule has 7 N–H and O–H groups in total. The number of aliphatic hydroxyl groups excluding tert-OH is 7. The summed E-state index contributed by atoms with van der Waals surface area (Å²) in [5.41, 5.74) is 0. The van der Waals surface area contributed by atoms with E-state index < -0.39 is 80.7 Å². The van der Waals surface area contributed by atoms with Gasteiger partial charge in [-0.1, -0.05) is 231 Å². The number of allylic oxidation sites excluding steroid dienone is 2. The molecule has 0 aromatic heterocycles. The van der Waals surface area contributed by atoms with Crippen molar-refractivity contribution >= 4 is 5.97 Å². The van der Waals surface area contributed by atoms with Gasteiger partial charge in [0.05, 0.1) is 26.4 Å². The summed E-state index contributed by atoms with van der Waals surface area (Å²) in [5.74, 6) is -0.369. The van der Waals surface area contributed by atoms with Gasteiger partial charge >= 0.3 is 5.97 Å².